The maximum absolute atomic E-state index is 11.1. The lowest BCUT2D eigenvalue weighted by atomic mass is 10.3. The van der Waals surface area contributed by atoms with Crippen LogP contribution in [-0.2, 0) is 9.30 Å². The van der Waals surface area contributed by atoms with Gasteiger partial charge in [-0.05, 0) is 6.92 Å². The molecule has 1 aromatic heterocycles. The molecule has 0 aromatic carbocycles. The third-order valence-electron chi connectivity index (χ3n) is 1.68. The summed E-state index contributed by atoms with van der Waals surface area (Å²) >= 11 is 1.31. The minimum absolute atomic E-state index is 0.00448. The first-order chi connectivity index (χ1) is 6.55. The number of thiazole rings is 1. The normalized spacial score (nSPS) is 14.2. The molecule has 0 aliphatic rings. The van der Waals surface area contributed by atoms with Crippen molar-refractivity contribution in [2.75, 3.05) is 13.2 Å². The van der Waals surface area contributed by atoms with E-state index < -0.39 is 13.3 Å². The molecule has 1 heterocycles. The summed E-state index contributed by atoms with van der Waals surface area (Å²) in [7, 11) is -4.18. The van der Waals surface area contributed by atoms with E-state index in [1.54, 1.807) is 17.8 Å². The molecule has 5 nitrogen and oxygen atoms in total. The van der Waals surface area contributed by atoms with Gasteiger partial charge in [-0.25, -0.2) is 4.98 Å². The van der Waals surface area contributed by atoms with Gasteiger partial charge in [-0.1, -0.05) is 0 Å². The van der Waals surface area contributed by atoms with E-state index >= 15 is 0 Å². The van der Waals surface area contributed by atoms with Gasteiger partial charge in [0, 0.05) is 12.0 Å². The Labute approximate surface area is 85.9 Å². The minimum Gasteiger partial charge on any atom is -0.380 e. The lowest BCUT2D eigenvalue weighted by molar-refractivity contribution is 0.140. The van der Waals surface area contributed by atoms with Crippen LogP contribution in [0.1, 0.15) is 18.3 Å². The number of aromatic nitrogens is 1. The summed E-state index contributed by atoms with van der Waals surface area (Å²) in [5, 5.41) is 1.63. The average molecular weight is 237 g/mol. The van der Waals surface area contributed by atoms with Crippen molar-refractivity contribution in [2.24, 2.45) is 0 Å². The maximum atomic E-state index is 11.1. The van der Waals surface area contributed by atoms with Crippen LogP contribution in [0.4, 0.5) is 0 Å². The van der Waals surface area contributed by atoms with E-state index in [0.29, 0.717) is 12.3 Å². The molecule has 1 rings (SSSR count). The van der Waals surface area contributed by atoms with Crippen molar-refractivity contribution in [3.05, 3.63) is 16.6 Å². The second kappa shape index (κ2) is 5.00. The van der Waals surface area contributed by atoms with Crippen molar-refractivity contribution in [2.45, 2.75) is 12.6 Å². The summed E-state index contributed by atoms with van der Waals surface area (Å²) in [6.45, 7) is 2.21. The van der Waals surface area contributed by atoms with Crippen LogP contribution in [0.2, 0.25) is 0 Å². The van der Waals surface area contributed by atoms with Crippen LogP contribution in [0.25, 0.3) is 0 Å². The predicted octanol–water partition coefficient (Wildman–Crippen LogP) is 1.40. The lowest BCUT2D eigenvalue weighted by Crippen LogP contribution is -2.08. The Morgan fingerprint density at radius 1 is 1.71 bits per heavy atom. The predicted molar refractivity (Wildman–Crippen MR) is 53.4 cm³/mol. The molecule has 2 N–H and O–H groups in total. The highest BCUT2D eigenvalue weighted by molar-refractivity contribution is 7.52. The van der Waals surface area contributed by atoms with Crippen LogP contribution in [-0.4, -0.2) is 28.0 Å². The van der Waals surface area contributed by atoms with Gasteiger partial charge in [0.15, 0.2) is 0 Å². The molecule has 80 valence electrons. The minimum atomic E-state index is -4.18. The van der Waals surface area contributed by atoms with Gasteiger partial charge in [-0.3, -0.25) is 4.57 Å². The van der Waals surface area contributed by atoms with Crippen molar-refractivity contribution < 1.29 is 19.1 Å². The molecule has 1 atom stereocenters. The Hall–Kier alpha value is -0.260. The molecule has 0 bridgehead atoms. The Morgan fingerprint density at radius 3 is 2.86 bits per heavy atom. The third kappa shape index (κ3) is 3.15. The highest BCUT2D eigenvalue weighted by Crippen LogP contribution is 2.51. The van der Waals surface area contributed by atoms with Gasteiger partial charge in [0.1, 0.15) is 5.66 Å². The lowest BCUT2D eigenvalue weighted by Gasteiger charge is -2.15. The largest absolute Gasteiger partial charge is 0.380 e. The molecule has 0 fully saturated rings. The van der Waals surface area contributed by atoms with E-state index in [4.69, 9.17) is 14.5 Å². The van der Waals surface area contributed by atoms with E-state index in [9.17, 15) is 4.57 Å². The standard InChI is InChI=1S/C7H12NO4PS/c1-2-12-3-7(13(9,10)11)6-4-14-5-8-6/h4-5,7H,2-3H2,1H3,(H2,9,10,11). The van der Waals surface area contributed by atoms with Crippen molar-refractivity contribution in [3.8, 4) is 0 Å². The molecule has 0 aliphatic heterocycles. The number of hydrogen-bond donors (Lipinski definition) is 2. The zero-order valence-electron chi connectivity index (χ0n) is 7.66. The summed E-state index contributed by atoms with van der Waals surface area (Å²) in [4.78, 5) is 22.0. The number of rotatable bonds is 5. The Bertz CT molecular complexity index is 309. The third-order valence-corrected chi connectivity index (χ3v) is 3.51. The van der Waals surface area contributed by atoms with E-state index in [2.05, 4.69) is 4.98 Å². The number of ether oxygens (including phenoxy) is 1. The quantitative estimate of drug-likeness (QED) is 0.756. The van der Waals surface area contributed by atoms with Gasteiger partial charge in [-0.15, -0.1) is 11.3 Å². The maximum Gasteiger partial charge on any atom is 0.336 e. The Balaban J connectivity index is 2.78. The van der Waals surface area contributed by atoms with Crippen LogP contribution in [0.3, 0.4) is 0 Å². The van der Waals surface area contributed by atoms with Gasteiger partial charge >= 0.3 is 7.60 Å². The molecule has 1 unspecified atom stereocenters. The first kappa shape index (κ1) is 11.8. The molecule has 1 aromatic rings. The van der Waals surface area contributed by atoms with E-state index in [-0.39, 0.29) is 6.61 Å². The zero-order valence-corrected chi connectivity index (χ0v) is 9.37. The van der Waals surface area contributed by atoms with Crippen LogP contribution in [0.15, 0.2) is 10.9 Å². The highest BCUT2D eigenvalue weighted by atomic mass is 32.1. The first-order valence-corrected chi connectivity index (χ1v) is 6.69. The topological polar surface area (TPSA) is 79.7 Å². The van der Waals surface area contributed by atoms with E-state index in [0.717, 1.165) is 0 Å². The molecule has 0 amide bonds. The zero-order chi connectivity index (χ0) is 10.6. The van der Waals surface area contributed by atoms with Gasteiger partial charge < -0.3 is 14.5 Å². The molecule has 0 spiro atoms. The van der Waals surface area contributed by atoms with Gasteiger partial charge in [0.2, 0.25) is 0 Å². The smallest absolute Gasteiger partial charge is 0.336 e. The SMILES string of the molecule is CCOCC(c1cscn1)P(=O)(O)O. The fourth-order valence-corrected chi connectivity index (χ4v) is 2.46. The van der Waals surface area contributed by atoms with Crippen molar-refractivity contribution >= 4 is 18.9 Å². The van der Waals surface area contributed by atoms with Crippen LogP contribution >= 0.6 is 18.9 Å². The van der Waals surface area contributed by atoms with E-state index in [1.807, 2.05) is 0 Å². The molecular weight excluding hydrogens is 225 g/mol. The van der Waals surface area contributed by atoms with Gasteiger partial charge in [-0.2, -0.15) is 0 Å². The molecule has 14 heavy (non-hydrogen) atoms. The summed E-state index contributed by atoms with van der Waals surface area (Å²) in [6.07, 6.45) is 0. The Morgan fingerprint density at radius 2 is 2.43 bits per heavy atom. The number of hydrogen-bond acceptors (Lipinski definition) is 4. The second-order valence-corrected chi connectivity index (χ2v) is 5.20. The summed E-state index contributed by atoms with van der Waals surface area (Å²) in [6, 6.07) is 0. The average Bonchev–Trinajstić information content (AvgIpc) is 2.55. The summed E-state index contributed by atoms with van der Waals surface area (Å²) in [5.41, 5.74) is 1.01. The van der Waals surface area contributed by atoms with Gasteiger partial charge in [0.05, 0.1) is 17.8 Å². The second-order valence-electron chi connectivity index (χ2n) is 2.68. The van der Waals surface area contributed by atoms with Crippen molar-refractivity contribution in [3.63, 3.8) is 0 Å². The molecule has 7 heteroatoms. The van der Waals surface area contributed by atoms with Crippen LogP contribution in [0.5, 0.6) is 0 Å². The molecule has 0 radical (unpaired) electrons. The monoisotopic (exact) mass is 237 g/mol. The fraction of sp³-hybridized carbons (Fsp3) is 0.571. The van der Waals surface area contributed by atoms with Gasteiger partial charge in [0.25, 0.3) is 0 Å². The summed E-state index contributed by atoms with van der Waals surface area (Å²) < 4.78 is 16.1. The number of nitrogens with zero attached hydrogens (tertiary/aromatic N) is 1. The molecule has 0 aliphatic carbocycles. The van der Waals surface area contributed by atoms with Crippen molar-refractivity contribution in [1.82, 2.24) is 4.98 Å². The van der Waals surface area contributed by atoms with Crippen LogP contribution < -0.4 is 0 Å². The highest BCUT2D eigenvalue weighted by Gasteiger charge is 2.32. The fourth-order valence-electron chi connectivity index (χ4n) is 0.971. The van der Waals surface area contributed by atoms with Crippen LogP contribution in [0, 0.1) is 0 Å². The summed E-state index contributed by atoms with van der Waals surface area (Å²) in [5.74, 6) is 0. The van der Waals surface area contributed by atoms with E-state index in [1.165, 1.54) is 11.3 Å². The molecule has 0 saturated heterocycles. The Kier molecular flexibility index (Phi) is 4.22. The first-order valence-electron chi connectivity index (χ1n) is 4.06. The molecular formula is C7H12NO4PS. The van der Waals surface area contributed by atoms with Crippen molar-refractivity contribution in [1.29, 1.82) is 0 Å². The molecule has 0 saturated carbocycles.